The fourth-order valence-electron chi connectivity index (χ4n) is 2.18. The second-order valence-electron chi connectivity index (χ2n) is 4.92. The molecule has 0 spiro atoms. The van der Waals surface area contributed by atoms with E-state index in [9.17, 15) is 9.90 Å². The maximum atomic E-state index is 11.3. The van der Waals surface area contributed by atoms with Crippen molar-refractivity contribution >= 4 is 23.0 Å². The molecule has 0 radical (unpaired) electrons. The zero-order valence-corrected chi connectivity index (χ0v) is 11.2. The van der Waals surface area contributed by atoms with Gasteiger partial charge in [0.05, 0.1) is 17.5 Å². The van der Waals surface area contributed by atoms with Crippen molar-refractivity contribution in [1.29, 1.82) is 0 Å². The van der Waals surface area contributed by atoms with Gasteiger partial charge in [0.25, 0.3) is 0 Å². The predicted molar refractivity (Wildman–Crippen MR) is 77.2 cm³/mol. The number of nitrogens with two attached hydrogens (primary N) is 1. The third-order valence-corrected chi connectivity index (χ3v) is 3.44. The molecule has 5 nitrogen and oxygen atoms in total. The number of aliphatic hydroxyl groups is 1. The highest BCUT2D eigenvalue weighted by atomic mass is 16.3. The lowest BCUT2D eigenvalue weighted by atomic mass is 10.0. The summed E-state index contributed by atoms with van der Waals surface area (Å²) in [4.78, 5) is 11.3. The Morgan fingerprint density at radius 2 is 2.26 bits per heavy atom. The second-order valence-corrected chi connectivity index (χ2v) is 4.92. The Labute approximate surface area is 113 Å². The average Bonchev–Trinajstić information content (AvgIpc) is 2.39. The molecular weight excluding hydrogens is 242 g/mol. The summed E-state index contributed by atoms with van der Waals surface area (Å²) in [6.07, 6.45) is 2.45. The van der Waals surface area contributed by atoms with Crippen LogP contribution in [0.25, 0.3) is 0 Å². The van der Waals surface area contributed by atoms with E-state index in [1.54, 1.807) is 6.07 Å². The zero-order valence-electron chi connectivity index (χ0n) is 11.2. The van der Waals surface area contributed by atoms with E-state index in [-0.39, 0.29) is 12.0 Å². The Balaban J connectivity index is 2.04. The number of nitrogens with one attached hydrogen (secondary N) is 2. The van der Waals surface area contributed by atoms with Crippen LogP contribution < -0.4 is 16.4 Å². The molecule has 1 aromatic carbocycles. The maximum absolute atomic E-state index is 11.3. The minimum Gasteiger partial charge on any atom is -0.397 e. The third kappa shape index (κ3) is 3.38. The van der Waals surface area contributed by atoms with Crippen LogP contribution in [0.2, 0.25) is 0 Å². The lowest BCUT2D eigenvalue weighted by Gasteiger charge is -2.20. The number of fused-ring (bicyclic) bond motifs is 1. The molecule has 0 fully saturated rings. The summed E-state index contributed by atoms with van der Waals surface area (Å²) in [6.45, 7) is 2.64. The number of rotatable bonds is 5. The van der Waals surface area contributed by atoms with Crippen LogP contribution in [0.5, 0.6) is 0 Å². The Morgan fingerprint density at radius 3 is 3.00 bits per heavy atom. The highest BCUT2D eigenvalue weighted by Crippen LogP contribution is 2.30. The van der Waals surface area contributed by atoms with Gasteiger partial charge in [0.2, 0.25) is 5.91 Å². The van der Waals surface area contributed by atoms with Gasteiger partial charge in [-0.25, -0.2) is 0 Å². The predicted octanol–water partition coefficient (Wildman–Crippen LogP) is 1.73. The van der Waals surface area contributed by atoms with E-state index < -0.39 is 0 Å². The van der Waals surface area contributed by atoms with Crippen LogP contribution >= 0.6 is 0 Å². The first-order valence-corrected chi connectivity index (χ1v) is 6.74. The summed E-state index contributed by atoms with van der Waals surface area (Å²) in [7, 11) is 0. The molecule has 1 heterocycles. The molecule has 5 N–H and O–H groups in total. The second kappa shape index (κ2) is 5.93. The number of nitrogen functional groups attached to an aromatic ring is 1. The van der Waals surface area contributed by atoms with Gasteiger partial charge in [-0.1, -0.05) is 6.92 Å². The molecule has 5 heteroatoms. The van der Waals surface area contributed by atoms with Crippen molar-refractivity contribution in [2.45, 2.75) is 38.7 Å². The quantitative estimate of drug-likeness (QED) is 0.609. The number of carbonyl (C=O) groups is 1. The molecule has 1 aliphatic rings. The molecule has 0 saturated heterocycles. The highest BCUT2D eigenvalue weighted by molar-refractivity contribution is 5.95. The van der Waals surface area contributed by atoms with Crippen LogP contribution in [-0.2, 0) is 11.2 Å². The first kappa shape index (κ1) is 13.7. The molecule has 104 valence electrons. The van der Waals surface area contributed by atoms with Gasteiger partial charge >= 0.3 is 0 Å². The first-order chi connectivity index (χ1) is 9.10. The number of aryl methyl sites for hydroxylation is 1. The fourth-order valence-corrected chi connectivity index (χ4v) is 2.18. The van der Waals surface area contributed by atoms with Gasteiger partial charge in [-0.3, -0.25) is 4.79 Å². The van der Waals surface area contributed by atoms with E-state index >= 15 is 0 Å². The summed E-state index contributed by atoms with van der Waals surface area (Å²) in [6, 6.07) is 3.79. The number of benzene rings is 1. The molecule has 1 aliphatic heterocycles. The van der Waals surface area contributed by atoms with E-state index in [1.165, 1.54) is 0 Å². The Morgan fingerprint density at radius 1 is 1.47 bits per heavy atom. The monoisotopic (exact) mass is 263 g/mol. The topological polar surface area (TPSA) is 87.4 Å². The normalized spacial score (nSPS) is 15.6. The fraction of sp³-hybridized carbons (Fsp3) is 0.500. The molecule has 0 saturated carbocycles. The number of carbonyl (C=O) groups excluding carboxylic acids is 1. The van der Waals surface area contributed by atoms with Crippen LogP contribution in [0.15, 0.2) is 12.1 Å². The van der Waals surface area contributed by atoms with Gasteiger partial charge in [-0.2, -0.15) is 0 Å². The van der Waals surface area contributed by atoms with E-state index in [2.05, 4.69) is 10.6 Å². The summed E-state index contributed by atoms with van der Waals surface area (Å²) in [5.74, 6) is 0.0404. The molecule has 0 aliphatic carbocycles. The first-order valence-electron chi connectivity index (χ1n) is 6.74. The van der Waals surface area contributed by atoms with Crippen molar-refractivity contribution in [2.24, 2.45) is 0 Å². The Bertz CT molecular complexity index is 474. The smallest absolute Gasteiger partial charge is 0.224 e. The SMILES string of the molecule is CCC(O)CCNc1cc2c(cc1N)NC(=O)CC2. The van der Waals surface area contributed by atoms with Crippen molar-refractivity contribution in [3.05, 3.63) is 17.7 Å². The van der Waals surface area contributed by atoms with Crippen molar-refractivity contribution in [3.8, 4) is 0 Å². The molecule has 1 aromatic rings. The van der Waals surface area contributed by atoms with E-state index in [0.717, 1.165) is 29.8 Å². The lowest BCUT2D eigenvalue weighted by Crippen LogP contribution is -2.20. The number of hydrogen-bond acceptors (Lipinski definition) is 4. The zero-order chi connectivity index (χ0) is 13.8. The largest absolute Gasteiger partial charge is 0.397 e. The molecule has 0 aromatic heterocycles. The highest BCUT2D eigenvalue weighted by Gasteiger charge is 2.16. The van der Waals surface area contributed by atoms with Crippen LogP contribution in [0.4, 0.5) is 17.1 Å². The Hall–Kier alpha value is -1.75. The molecule has 19 heavy (non-hydrogen) atoms. The van der Waals surface area contributed by atoms with Gasteiger partial charge in [0, 0.05) is 18.7 Å². The molecular formula is C14H21N3O2. The summed E-state index contributed by atoms with van der Waals surface area (Å²) < 4.78 is 0. The molecule has 1 atom stereocenters. The standard InChI is InChI=1S/C14H21N3O2/c1-2-10(18)5-6-16-13-7-9-3-4-14(19)17-12(9)8-11(13)15/h7-8,10,16,18H,2-6,15H2,1H3,(H,17,19). The molecule has 1 unspecified atom stereocenters. The van der Waals surface area contributed by atoms with Gasteiger partial charge in [-0.15, -0.1) is 0 Å². The third-order valence-electron chi connectivity index (χ3n) is 3.44. The van der Waals surface area contributed by atoms with Crippen molar-refractivity contribution < 1.29 is 9.90 Å². The van der Waals surface area contributed by atoms with Crippen molar-refractivity contribution in [3.63, 3.8) is 0 Å². The summed E-state index contributed by atoms with van der Waals surface area (Å²) in [5, 5.41) is 15.6. The summed E-state index contributed by atoms with van der Waals surface area (Å²) >= 11 is 0. The van der Waals surface area contributed by atoms with Crippen molar-refractivity contribution in [2.75, 3.05) is 22.9 Å². The number of anilines is 3. The minimum absolute atomic E-state index is 0.0404. The van der Waals surface area contributed by atoms with Gasteiger partial charge < -0.3 is 21.5 Å². The van der Waals surface area contributed by atoms with Gasteiger partial charge in [0.1, 0.15) is 0 Å². The van der Waals surface area contributed by atoms with Gasteiger partial charge in [0.15, 0.2) is 0 Å². The van der Waals surface area contributed by atoms with Crippen LogP contribution in [-0.4, -0.2) is 23.7 Å². The van der Waals surface area contributed by atoms with E-state index in [0.29, 0.717) is 25.1 Å². The number of amides is 1. The molecule has 0 bridgehead atoms. The van der Waals surface area contributed by atoms with Gasteiger partial charge in [-0.05, 0) is 37.0 Å². The maximum Gasteiger partial charge on any atom is 0.224 e. The van der Waals surface area contributed by atoms with Crippen LogP contribution in [0.3, 0.4) is 0 Å². The Kier molecular flexibility index (Phi) is 4.27. The lowest BCUT2D eigenvalue weighted by molar-refractivity contribution is -0.116. The number of hydrogen-bond donors (Lipinski definition) is 4. The summed E-state index contributed by atoms with van der Waals surface area (Å²) in [5.41, 5.74) is 9.37. The average molecular weight is 263 g/mol. The van der Waals surface area contributed by atoms with Crippen molar-refractivity contribution in [1.82, 2.24) is 0 Å². The van der Waals surface area contributed by atoms with E-state index in [1.807, 2.05) is 13.0 Å². The minimum atomic E-state index is -0.273. The molecule has 1 amide bonds. The van der Waals surface area contributed by atoms with Crippen LogP contribution in [0, 0.1) is 0 Å². The van der Waals surface area contributed by atoms with E-state index in [4.69, 9.17) is 5.73 Å². The number of aliphatic hydroxyl groups excluding tert-OH is 1. The molecule has 2 rings (SSSR count). The van der Waals surface area contributed by atoms with Crippen LogP contribution in [0.1, 0.15) is 31.7 Å².